The van der Waals surface area contributed by atoms with Crippen molar-refractivity contribution in [2.75, 3.05) is 0 Å². The van der Waals surface area contributed by atoms with E-state index in [1.54, 1.807) is 11.3 Å². The summed E-state index contributed by atoms with van der Waals surface area (Å²) in [7, 11) is 0. The highest BCUT2D eigenvalue weighted by molar-refractivity contribution is 7.15. The van der Waals surface area contributed by atoms with E-state index in [-0.39, 0.29) is 0 Å². The van der Waals surface area contributed by atoms with Crippen LogP contribution in [-0.4, -0.2) is 4.98 Å². The molecule has 0 N–H and O–H groups in total. The van der Waals surface area contributed by atoms with Crippen LogP contribution in [0.4, 0.5) is 0 Å². The molecule has 0 unspecified atom stereocenters. The lowest BCUT2D eigenvalue weighted by molar-refractivity contribution is 0.621. The first kappa shape index (κ1) is 10.5. The molecule has 0 amide bonds. The van der Waals surface area contributed by atoms with E-state index >= 15 is 0 Å². The molecule has 0 radical (unpaired) electrons. The van der Waals surface area contributed by atoms with Crippen LogP contribution in [0.25, 0.3) is 21.9 Å². The fourth-order valence-corrected chi connectivity index (χ4v) is 2.69. The van der Waals surface area contributed by atoms with Gasteiger partial charge in [-0.05, 0) is 43.2 Å². The summed E-state index contributed by atoms with van der Waals surface area (Å²) in [4.78, 5) is 6.98. The second-order valence-electron chi connectivity index (χ2n) is 4.11. The first-order valence-corrected chi connectivity index (χ1v) is 6.54. The molecule has 3 aromatic rings. The highest BCUT2D eigenvalue weighted by atomic mass is 32.1. The van der Waals surface area contributed by atoms with Gasteiger partial charge in [0.1, 0.15) is 5.52 Å². The van der Waals surface area contributed by atoms with Gasteiger partial charge in [-0.1, -0.05) is 13.0 Å². The highest BCUT2D eigenvalue weighted by Crippen LogP contribution is 2.30. The molecule has 3 rings (SSSR count). The average Bonchev–Trinajstić information content (AvgIpc) is 2.93. The molecular weight excluding hydrogens is 230 g/mol. The predicted molar refractivity (Wildman–Crippen MR) is 71.4 cm³/mol. The first-order chi connectivity index (χ1) is 8.26. The standard InChI is InChI=1S/C14H13NOS/c1-3-10-5-7-13(17-10)14-15-11-6-4-9(2)8-12(11)16-14/h4-8H,3H2,1-2H3. The summed E-state index contributed by atoms with van der Waals surface area (Å²) in [5.41, 5.74) is 2.99. The predicted octanol–water partition coefficient (Wildman–Crippen LogP) is 4.43. The van der Waals surface area contributed by atoms with Crippen molar-refractivity contribution in [3.8, 4) is 10.8 Å². The van der Waals surface area contributed by atoms with Crippen LogP contribution in [-0.2, 0) is 6.42 Å². The molecule has 86 valence electrons. The van der Waals surface area contributed by atoms with Crippen LogP contribution >= 0.6 is 11.3 Å². The van der Waals surface area contributed by atoms with Gasteiger partial charge < -0.3 is 4.42 Å². The lowest BCUT2D eigenvalue weighted by Crippen LogP contribution is -1.71. The van der Waals surface area contributed by atoms with Crippen molar-refractivity contribution in [2.24, 2.45) is 0 Å². The molecule has 0 fully saturated rings. The third-order valence-corrected chi connectivity index (χ3v) is 3.98. The van der Waals surface area contributed by atoms with Crippen molar-refractivity contribution in [1.82, 2.24) is 4.98 Å². The lowest BCUT2D eigenvalue weighted by Gasteiger charge is -1.88. The molecule has 3 heteroatoms. The summed E-state index contributed by atoms with van der Waals surface area (Å²) in [6.45, 7) is 4.22. The Kier molecular flexibility index (Phi) is 2.48. The van der Waals surface area contributed by atoms with Gasteiger partial charge in [0.15, 0.2) is 5.58 Å². The van der Waals surface area contributed by atoms with Gasteiger partial charge in [0.25, 0.3) is 0 Å². The molecule has 0 atom stereocenters. The summed E-state index contributed by atoms with van der Waals surface area (Å²) in [6.07, 6.45) is 1.06. The molecule has 0 bridgehead atoms. The first-order valence-electron chi connectivity index (χ1n) is 5.72. The zero-order valence-corrected chi connectivity index (χ0v) is 10.7. The maximum Gasteiger partial charge on any atom is 0.237 e. The van der Waals surface area contributed by atoms with Crippen molar-refractivity contribution >= 4 is 22.4 Å². The van der Waals surface area contributed by atoms with Crippen LogP contribution < -0.4 is 0 Å². The van der Waals surface area contributed by atoms with Gasteiger partial charge in [0.05, 0.1) is 4.88 Å². The van der Waals surface area contributed by atoms with Crippen LogP contribution in [0.5, 0.6) is 0 Å². The second kappa shape index (κ2) is 4.00. The number of benzene rings is 1. The van der Waals surface area contributed by atoms with Crippen molar-refractivity contribution < 1.29 is 4.42 Å². The molecule has 17 heavy (non-hydrogen) atoms. The third-order valence-electron chi connectivity index (χ3n) is 2.76. The van der Waals surface area contributed by atoms with Gasteiger partial charge in [0.2, 0.25) is 5.89 Å². The summed E-state index contributed by atoms with van der Waals surface area (Å²) in [5, 5.41) is 0. The minimum absolute atomic E-state index is 0.732. The average molecular weight is 243 g/mol. The number of aryl methyl sites for hydroxylation is 2. The summed E-state index contributed by atoms with van der Waals surface area (Å²) < 4.78 is 5.79. The van der Waals surface area contributed by atoms with Crippen molar-refractivity contribution in [3.05, 3.63) is 40.8 Å². The zero-order chi connectivity index (χ0) is 11.8. The van der Waals surface area contributed by atoms with Crippen molar-refractivity contribution in [3.63, 3.8) is 0 Å². The van der Waals surface area contributed by atoms with E-state index in [4.69, 9.17) is 4.42 Å². The normalized spacial score (nSPS) is 11.2. The number of rotatable bonds is 2. The Bertz CT molecular complexity index is 666. The molecule has 0 aliphatic heterocycles. The van der Waals surface area contributed by atoms with E-state index in [2.05, 4.69) is 37.0 Å². The second-order valence-corrected chi connectivity index (χ2v) is 5.28. The molecule has 2 aromatic heterocycles. The van der Waals surface area contributed by atoms with E-state index in [1.807, 2.05) is 12.1 Å². The summed E-state index contributed by atoms with van der Waals surface area (Å²) in [5.74, 6) is 0.732. The number of hydrogen-bond donors (Lipinski definition) is 0. The van der Waals surface area contributed by atoms with Crippen LogP contribution in [0, 0.1) is 6.92 Å². The number of aromatic nitrogens is 1. The van der Waals surface area contributed by atoms with Crippen LogP contribution in [0.3, 0.4) is 0 Å². The summed E-state index contributed by atoms with van der Waals surface area (Å²) in [6, 6.07) is 10.3. The number of nitrogens with zero attached hydrogens (tertiary/aromatic N) is 1. The number of fused-ring (bicyclic) bond motifs is 1. The van der Waals surface area contributed by atoms with E-state index in [9.17, 15) is 0 Å². The Labute approximate surface area is 104 Å². The molecule has 0 aliphatic carbocycles. The largest absolute Gasteiger partial charge is 0.435 e. The lowest BCUT2D eigenvalue weighted by atomic mass is 10.2. The minimum Gasteiger partial charge on any atom is -0.435 e. The number of thiophene rings is 1. The summed E-state index contributed by atoms with van der Waals surface area (Å²) >= 11 is 1.75. The number of hydrogen-bond acceptors (Lipinski definition) is 3. The third kappa shape index (κ3) is 1.87. The van der Waals surface area contributed by atoms with E-state index in [0.717, 1.165) is 28.3 Å². The molecule has 0 spiro atoms. The van der Waals surface area contributed by atoms with Crippen LogP contribution in [0.1, 0.15) is 17.4 Å². The fraction of sp³-hybridized carbons (Fsp3) is 0.214. The Balaban J connectivity index is 2.11. The van der Waals surface area contributed by atoms with Gasteiger partial charge in [-0.3, -0.25) is 0 Å². The van der Waals surface area contributed by atoms with Crippen LogP contribution in [0.15, 0.2) is 34.7 Å². The van der Waals surface area contributed by atoms with Gasteiger partial charge in [-0.25, -0.2) is 4.98 Å². The van der Waals surface area contributed by atoms with E-state index < -0.39 is 0 Å². The zero-order valence-electron chi connectivity index (χ0n) is 9.86. The molecular formula is C14H13NOS. The monoisotopic (exact) mass is 243 g/mol. The molecule has 2 heterocycles. The Morgan fingerprint density at radius 2 is 2.12 bits per heavy atom. The van der Waals surface area contributed by atoms with Gasteiger partial charge in [0, 0.05) is 4.88 Å². The highest BCUT2D eigenvalue weighted by Gasteiger charge is 2.10. The van der Waals surface area contributed by atoms with Crippen molar-refractivity contribution in [1.29, 1.82) is 0 Å². The Hall–Kier alpha value is -1.61. The molecule has 0 saturated heterocycles. The minimum atomic E-state index is 0.732. The number of oxazole rings is 1. The maximum atomic E-state index is 5.79. The quantitative estimate of drug-likeness (QED) is 0.665. The van der Waals surface area contributed by atoms with Gasteiger partial charge >= 0.3 is 0 Å². The SMILES string of the molecule is CCc1ccc(-c2nc3ccc(C)cc3o2)s1. The fourth-order valence-electron chi connectivity index (χ4n) is 1.82. The van der Waals surface area contributed by atoms with E-state index in [1.165, 1.54) is 10.4 Å². The van der Waals surface area contributed by atoms with Crippen molar-refractivity contribution in [2.45, 2.75) is 20.3 Å². The molecule has 0 aliphatic rings. The van der Waals surface area contributed by atoms with Crippen LogP contribution in [0.2, 0.25) is 0 Å². The molecule has 0 saturated carbocycles. The molecule has 2 nitrogen and oxygen atoms in total. The topological polar surface area (TPSA) is 26.0 Å². The Morgan fingerprint density at radius 1 is 1.24 bits per heavy atom. The maximum absolute atomic E-state index is 5.79. The van der Waals surface area contributed by atoms with Gasteiger partial charge in [-0.15, -0.1) is 11.3 Å². The smallest absolute Gasteiger partial charge is 0.237 e. The van der Waals surface area contributed by atoms with Gasteiger partial charge in [-0.2, -0.15) is 0 Å². The van der Waals surface area contributed by atoms with E-state index in [0.29, 0.717) is 0 Å². The molecule has 1 aromatic carbocycles. The Morgan fingerprint density at radius 3 is 2.88 bits per heavy atom.